The zero-order valence-electron chi connectivity index (χ0n) is 15.2. The third-order valence-electron chi connectivity index (χ3n) is 5.40. The van der Waals surface area contributed by atoms with E-state index in [1.807, 2.05) is 0 Å². The van der Waals surface area contributed by atoms with Gasteiger partial charge in [-0.1, -0.05) is 36.4 Å². The highest BCUT2D eigenvalue weighted by atomic mass is 16.3. The minimum absolute atomic E-state index is 0.0580. The van der Waals surface area contributed by atoms with Crippen LogP contribution in [0.2, 0.25) is 0 Å². The Morgan fingerprint density at radius 2 is 1.92 bits per heavy atom. The Hall–Kier alpha value is -2.69. The van der Waals surface area contributed by atoms with Gasteiger partial charge in [0.05, 0.1) is 5.69 Å². The minimum Gasteiger partial charge on any atom is -0.493 e. The smallest absolute Gasteiger partial charge is 0.331 e. The quantitative estimate of drug-likeness (QED) is 0.693. The van der Waals surface area contributed by atoms with Crippen molar-refractivity contribution in [3.63, 3.8) is 0 Å². The van der Waals surface area contributed by atoms with Gasteiger partial charge in [-0.3, -0.25) is 9.13 Å². The number of imidazole rings is 1. The molecule has 0 radical (unpaired) electrons. The predicted octanol–water partition coefficient (Wildman–Crippen LogP) is 3.37. The average Bonchev–Trinajstić information content (AvgIpc) is 3.23. The van der Waals surface area contributed by atoms with Crippen molar-refractivity contribution in [2.24, 2.45) is 0 Å². The number of rotatable bonds is 6. The van der Waals surface area contributed by atoms with E-state index in [9.17, 15) is 9.90 Å². The van der Waals surface area contributed by atoms with E-state index in [-0.39, 0.29) is 11.6 Å². The summed E-state index contributed by atoms with van der Waals surface area (Å²) in [5.41, 5.74) is 1.98. The van der Waals surface area contributed by atoms with E-state index in [1.165, 1.54) is 21.0 Å². The van der Waals surface area contributed by atoms with Crippen molar-refractivity contribution >= 4 is 16.5 Å². The first kappa shape index (κ1) is 16.8. The Kier molecular flexibility index (Phi) is 4.45. The molecular formula is C21H25N3O2. The van der Waals surface area contributed by atoms with Crippen LogP contribution in [0.1, 0.15) is 25.0 Å². The summed E-state index contributed by atoms with van der Waals surface area (Å²) in [7, 11) is 2.11. The summed E-state index contributed by atoms with van der Waals surface area (Å²) >= 11 is 0. The molecule has 5 nitrogen and oxygen atoms in total. The van der Waals surface area contributed by atoms with Crippen molar-refractivity contribution in [2.75, 3.05) is 18.5 Å². The zero-order valence-corrected chi connectivity index (χ0v) is 15.2. The van der Waals surface area contributed by atoms with Crippen LogP contribution in [0.3, 0.4) is 0 Å². The lowest BCUT2D eigenvalue weighted by atomic mass is 10.1. The van der Waals surface area contributed by atoms with Crippen LogP contribution in [0.15, 0.2) is 47.3 Å². The predicted molar refractivity (Wildman–Crippen MR) is 105 cm³/mol. The number of unbranched alkanes of at least 4 members (excludes halogenated alkanes) is 1. The van der Waals surface area contributed by atoms with E-state index < -0.39 is 0 Å². The standard InChI is InChI=1S/C21H25N3O2/c1-22(18-11-6-9-16-8-2-3-10-17(16)18)13-4-5-14-24-20(25)19-12-7-15-23(19)21(24)26/h2-3,6,8-11,25H,4-5,7,12-15H2,1H3. The van der Waals surface area contributed by atoms with E-state index in [1.54, 1.807) is 4.57 Å². The van der Waals surface area contributed by atoms with Crippen LogP contribution in [0, 0.1) is 0 Å². The fourth-order valence-corrected chi connectivity index (χ4v) is 3.99. The number of aromatic hydroxyl groups is 1. The Bertz CT molecular complexity index is 981. The second kappa shape index (κ2) is 6.90. The maximum Gasteiger partial charge on any atom is 0.331 e. The highest BCUT2D eigenvalue weighted by Gasteiger charge is 2.22. The Morgan fingerprint density at radius 1 is 1.12 bits per heavy atom. The number of nitrogens with zero attached hydrogens (tertiary/aromatic N) is 3. The van der Waals surface area contributed by atoms with Crippen LogP contribution in [-0.2, 0) is 19.5 Å². The van der Waals surface area contributed by atoms with Crippen molar-refractivity contribution in [3.05, 3.63) is 58.6 Å². The van der Waals surface area contributed by atoms with E-state index in [2.05, 4.69) is 54.4 Å². The van der Waals surface area contributed by atoms with Crippen LogP contribution in [0.25, 0.3) is 10.8 Å². The first-order chi connectivity index (χ1) is 12.7. The molecule has 0 unspecified atom stereocenters. The number of aromatic nitrogens is 2. The van der Waals surface area contributed by atoms with E-state index in [4.69, 9.17) is 0 Å². The lowest BCUT2D eigenvalue weighted by Crippen LogP contribution is -2.24. The topological polar surface area (TPSA) is 50.4 Å². The molecule has 0 saturated heterocycles. The highest BCUT2D eigenvalue weighted by Crippen LogP contribution is 2.26. The van der Waals surface area contributed by atoms with Crippen LogP contribution >= 0.6 is 0 Å². The Balaban J connectivity index is 1.39. The van der Waals surface area contributed by atoms with Gasteiger partial charge in [-0.05, 0) is 37.1 Å². The minimum atomic E-state index is -0.0580. The molecule has 0 aliphatic carbocycles. The highest BCUT2D eigenvalue weighted by molar-refractivity contribution is 5.94. The van der Waals surface area contributed by atoms with Crippen molar-refractivity contribution < 1.29 is 5.11 Å². The third-order valence-corrected chi connectivity index (χ3v) is 5.40. The molecule has 2 aromatic carbocycles. The maximum absolute atomic E-state index is 12.3. The molecule has 5 heteroatoms. The van der Waals surface area contributed by atoms with Crippen LogP contribution in [0.5, 0.6) is 5.88 Å². The molecule has 3 aromatic rings. The van der Waals surface area contributed by atoms with Gasteiger partial charge < -0.3 is 10.0 Å². The number of anilines is 1. The van der Waals surface area contributed by atoms with Gasteiger partial charge in [0.25, 0.3) is 0 Å². The summed E-state index contributed by atoms with van der Waals surface area (Å²) in [4.78, 5) is 14.6. The lowest BCUT2D eigenvalue weighted by Gasteiger charge is -2.21. The molecule has 1 aliphatic rings. The molecule has 0 fully saturated rings. The zero-order chi connectivity index (χ0) is 18.1. The molecule has 0 bridgehead atoms. The van der Waals surface area contributed by atoms with Crippen molar-refractivity contribution in [1.82, 2.24) is 9.13 Å². The molecule has 136 valence electrons. The van der Waals surface area contributed by atoms with Gasteiger partial charge in [0.1, 0.15) is 0 Å². The van der Waals surface area contributed by atoms with E-state index >= 15 is 0 Å². The Labute approximate surface area is 153 Å². The van der Waals surface area contributed by atoms with Gasteiger partial charge in [0, 0.05) is 37.8 Å². The second-order valence-electron chi connectivity index (χ2n) is 7.09. The van der Waals surface area contributed by atoms with Crippen molar-refractivity contribution in [1.29, 1.82) is 0 Å². The molecule has 0 spiro atoms. The van der Waals surface area contributed by atoms with Crippen LogP contribution in [-0.4, -0.2) is 27.8 Å². The van der Waals surface area contributed by atoms with Gasteiger partial charge in [0.2, 0.25) is 5.88 Å². The van der Waals surface area contributed by atoms with Gasteiger partial charge >= 0.3 is 5.69 Å². The normalized spacial score (nSPS) is 13.3. The van der Waals surface area contributed by atoms with Gasteiger partial charge in [-0.15, -0.1) is 0 Å². The summed E-state index contributed by atoms with van der Waals surface area (Å²) in [5, 5.41) is 12.8. The average molecular weight is 351 g/mol. The Morgan fingerprint density at radius 3 is 2.77 bits per heavy atom. The van der Waals surface area contributed by atoms with E-state index in [0.29, 0.717) is 6.54 Å². The molecule has 1 aromatic heterocycles. The fraction of sp³-hybridized carbons (Fsp3) is 0.381. The van der Waals surface area contributed by atoms with Crippen molar-refractivity contribution in [2.45, 2.75) is 38.8 Å². The molecule has 26 heavy (non-hydrogen) atoms. The van der Waals surface area contributed by atoms with E-state index in [0.717, 1.165) is 44.5 Å². The second-order valence-corrected chi connectivity index (χ2v) is 7.09. The van der Waals surface area contributed by atoms with Crippen molar-refractivity contribution in [3.8, 4) is 5.88 Å². The monoisotopic (exact) mass is 351 g/mol. The SMILES string of the molecule is CN(CCCCn1c(O)c2n(c1=O)CCC2)c1cccc2ccccc12. The molecule has 1 aliphatic heterocycles. The molecule has 2 heterocycles. The summed E-state index contributed by atoms with van der Waals surface area (Å²) < 4.78 is 3.25. The molecule has 0 amide bonds. The molecule has 4 rings (SSSR count). The molecule has 0 saturated carbocycles. The number of fused-ring (bicyclic) bond motifs is 2. The molecule has 0 atom stereocenters. The summed E-state index contributed by atoms with van der Waals surface area (Å²) in [6.45, 7) is 2.23. The first-order valence-electron chi connectivity index (χ1n) is 9.37. The summed E-state index contributed by atoms with van der Waals surface area (Å²) in [6, 6.07) is 14.8. The van der Waals surface area contributed by atoms with Gasteiger partial charge in [-0.2, -0.15) is 0 Å². The number of hydrogen-bond acceptors (Lipinski definition) is 3. The summed E-state index contributed by atoms with van der Waals surface area (Å²) in [6.07, 6.45) is 3.59. The van der Waals surface area contributed by atoms with Gasteiger partial charge in [0.15, 0.2) is 0 Å². The number of hydrogen-bond donors (Lipinski definition) is 1. The maximum atomic E-state index is 12.3. The third kappa shape index (κ3) is 2.87. The molecular weight excluding hydrogens is 326 g/mol. The fourth-order valence-electron chi connectivity index (χ4n) is 3.99. The van der Waals surface area contributed by atoms with Gasteiger partial charge in [-0.25, -0.2) is 4.79 Å². The molecule has 1 N–H and O–H groups in total. The van der Waals surface area contributed by atoms with Crippen LogP contribution < -0.4 is 10.6 Å². The lowest BCUT2D eigenvalue weighted by molar-refractivity contribution is 0.402. The van der Waals surface area contributed by atoms with Crippen LogP contribution in [0.4, 0.5) is 5.69 Å². The summed E-state index contributed by atoms with van der Waals surface area (Å²) in [5.74, 6) is 0.176. The number of benzene rings is 2. The largest absolute Gasteiger partial charge is 0.493 e. The first-order valence-corrected chi connectivity index (χ1v) is 9.37.